The second-order valence-electron chi connectivity index (χ2n) is 7.92. The van der Waals surface area contributed by atoms with Gasteiger partial charge in [0.05, 0.1) is 6.26 Å². The smallest absolute Gasteiger partial charge is 0.238 e. The van der Waals surface area contributed by atoms with Crippen LogP contribution in [-0.4, -0.2) is 22.1 Å². The minimum absolute atomic E-state index is 0.0545. The lowest BCUT2D eigenvalue weighted by Crippen LogP contribution is -2.46. The van der Waals surface area contributed by atoms with Gasteiger partial charge in [-0.2, -0.15) is 4.98 Å². The van der Waals surface area contributed by atoms with E-state index in [1.165, 1.54) is 19.3 Å². The van der Waals surface area contributed by atoms with Gasteiger partial charge in [-0.15, -0.1) is 0 Å². The summed E-state index contributed by atoms with van der Waals surface area (Å²) in [5.74, 6) is 2.02. The Bertz CT molecular complexity index is 685. The number of rotatable bonds is 5. The fourth-order valence-corrected chi connectivity index (χ4v) is 3.70. The van der Waals surface area contributed by atoms with Crippen LogP contribution in [-0.2, 0) is 11.2 Å². The molecule has 0 bridgehead atoms. The minimum atomic E-state index is 0.0545. The average molecular weight is 345 g/mol. The van der Waals surface area contributed by atoms with Gasteiger partial charge in [0.15, 0.2) is 5.76 Å². The highest BCUT2D eigenvalue weighted by atomic mass is 16.5. The van der Waals surface area contributed by atoms with Gasteiger partial charge in [-0.3, -0.25) is 4.79 Å². The molecule has 1 amide bonds. The normalized spacial score (nSPS) is 21.2. The van der Waals surface area contributed by atoms with Crippen LogP contribution < -0.4 is 5.32 Å². The van der Waals surface area contributed by atoms with Crippen molar-refractivity contribution in [3.63, 3.8) is 0 Å². The van der Waals surface area contributed by atoms with E-state index in [2.05, 4.69) is 36.2 Å². The molecule has 2 atom stereocenters. The maximum Gasteiger partial charge on any atom is 0.238 e. The van der Waals surface area contributed by atoms with Crippen molar-refractivity contribution in [2.75, 3.05) is 0 Å². The Morgan fingerprint density at radius 3 is 2.84 bits per heavy atom. The fraction of sp³-hybridized carbons (Fsp3) is 0.632. The lowest BCUT2D eigenvalue weighted by Gasteiger charge is -2.40. The second-order valence-corrected chi connectivity index (χ2v) is 7.92. The van der Waals surface area contributed by atoms with Gasteiger partial charge in [0, 0.05) is 18.9 Å². The summed E-state index contributed by atoms with van der Waals surface area (Å²) in [5, 5.41) is 7.12. The number of nitrogens with one attached hydrogen (secondary N) is 1. The van der Waals surface area contributed by atoms with Crippen LogP contribution in [0.5, 0.6) is 0 Å². The van der Waals surface area contributed by atoms with Crippen molar-refractivity contribution in [1.82, 2.24) is 15.5 Å². The van der Waals surface area contributed by atoms with Crippen molar-refractivity contribution in [1.29, 1.82) is 0 Å². The highest BCUT2D eigenvalue weighted by Gasteiger charge is 2.34. The highest BCUT2D eigenvalue weighted by Crippen LogP contribution is 2.38. The number of aryl methyl sites for hydroxylation is 1. The molecular weight excluding hydrogens is 318 g/mol. The van der Waals surface area contributed by atoms with E-state index in [0.717, 1.165) is 6.42 Å². The summed E-state index contributed by atoms with van der Waals surface area (Å²) in [6.45, 7) is 6.78. The summed E-state index contributed by atoms with van der Waals surface area (Å²) in [5.41, 5.74) is 0.211. The summed E-state index contributed by atoms with van der Waals surface area (Å²) < 4.78 is 10.4. The first-order chi connectivity index (χ1) is 11.9. The largest absolute Gasteiger partial charge is 0.461 e. The van der Waals surface area contributed by atoms with Crippen LogP contribution >= 0.6 is 0 Å². The Balaban J connectivity index is 1.52. The molecule has 0 aliphatic heterocycles. The van der Waals surface area contributed by atoms with E-state index in [9.17, 15) is 4.79 Å². The van der Waals surface area contributed by atoms with Crippen LogP contribution in [0.3, 0.4) is 0 Å². The van der Waals surface area contributed by atoms with E-state index in [4.69, 9.17) is 8.94 Å². The molecule has 0 radical (unpaired) electrons. The minimum Gasteiger partial charge on any atom is -0.461 e. The van der Waals surface area contributed by atoms with Crippen LogP contribution in [0.4, 0.5) is 0 Å². The summed E-state index contributed by atoms with van der Waals surface area (Å²) >= 11 is 0. The third-order valence-corrected chi connectivity index (χ3v) is 5.00. The second kappa shape index (κ2) is 7.42. The summed E-state index contributed by atoms with van der Waals surface area (Å²) in [7, 11) is 0. The molecular formula is C19H27N3O3. The van der Waals surface area contributed by atoms with Crippen molar-refractivity contribution in [2.24, 2.45) is 11.3 Å². The molecule has 0 aromatic carbocycles. The predicted octanol–water partition coefficient (Wildman–Crippen LogP) is 3.98. The highest BCUT2D eigenvalue weighted by molar-refractivity contribution is 5.76. The molecule has 2 heterocycles. The molecule has 136 valence electrons. The lowest BCUT2D eigenvalue weighted by atomic mass is 9.69. The first-order valence-electron chi connectivity index (χ1n) is 9.09. The number of nitrogens with zero attached hydrogens (tertiary/aromatic N) is 2. The van der Waals surface area contributed by atoms with Crippen LogP contribution in [0, 0.1) is 11.3 Å². The Morgan fingerprint density at radius 2 is 2.12 bits per heavy atom. The fourth-order valence-electron chi connectivity index (χ4n) is 3.70. The van der Waals surface area contributed by atoms with Gasteiger partial charge in [-0.05, 0) is 36.3 Å². The van der Waals surface area contributed by atoms with Crippen molar-refractivity contribution in [3.8, 4) is 11.6 Å². The predicted molar refractivity (Wildman–Crippen MR) is 93.7 cm³/mol. The van der Waals surface area contributed by atoms with E-state index >= 15 is 0 Å². The Hall–Kier alpha value is -2.11. The van der Waals surface area contributed by atoms with Crippen molar-refractivity contribution < 1.29 is 13.7 Å². The van der Waals surface area contributed by atoms with Gasteiger partial charge in [0.1, 0.15) is 0 Å². The average Bonchev–Trinajstić information content (AvgIpc) is 3.24. The molecule has 0 saturated heterocycles. The maximum atomic E-state index is 12.4. The van der Waals surface area contributed by atoms with E-state index in [0.29, 0.717) is 36.2 Å². The lowest BCUT2D eigenvalue weighted by molar-refractivity contribution is -0.122. The van der Waals surface area contributed by atoms with Gasteiger partial charge >= 0.3 is 0 Å². The van der Waals surface area contributed by atoms with Crippen LogP contribution in [0.25, 0.3) is 11.6 Å². The third-order valence-electron chi connectivity index (χ3n) is 5.00. The van der Waals surface area contributed by atoms with Gasteiger partial charge in [-0.1, -0.05) is 38.8 Å². The van der Waals surface area contributed by atoms with E-state index < -0.39 is 0 Å². The topological polar surface area (TPSA) is 81.2 Å². The Kier molecular flexibility index (Phi) is 5.25. The quantitative estimate of drug-likeness (QED) is 0.886. The number of carbonyl (C=O) groups excluding carboxylic acids is 1. The molecule has 1 aliphatic carbocycles. The molecule has 0 spiro atoms. The number of hydrogen-bond acceptors (Lipinski definition) is 5. The first kappa shape index (κ1) is 17.7. The molecule has 6 heteroatoms. The molecule has 25 heavy (non-hydrogen) atoms. The zero-order valence-electron chi connectivity index (χ0n) is 15.2. The van der Waals surface area contributed by atoms with E-state index in [1.807, 2.05) is 0 Å². The first-order valence-corrected chi connectivity index (χ1v) is 9.09. The van der Waals surface area contributed by atoms with Gasteiger partial charge in [-0.25, -0.2) is 0 Å². The monoisotopic (exact) mass is 345 g/mol. The number of amides is 1. The van der Waals surface area contributed by atoms with Crippen LogP contribution in [0.1, 0.15) is 58.8 Å². The standard InChI is InChI=1S/C19H27N3O3/c1-19(2,3)13-7-4-5-8-14(13)20-16(23)10-11-17-21-18(22-25-17)15-9-6-12-24-15/h6,9,12-14H,4-5,7-8,10-11H2,1-3H3,(H,20,23). The van der Waals surface area contributed by atoms with Gasteiger partial charge in [0.25, 0.3) is 0 Å². The molecule has 1 aliphatic rings. The van der Waals surface area contributed by atoms with Gasteiger partial charge < -0.3 is 14.3 Å². The van der Waals surface area contributed by atoms with Crippen molar-refractivity contribution in [3.05, 3.63) is 24.3 Å². The Morgan fingerprint density at radius 1 is 1.32 bits per heavy atom. The maximum absolute atomic E-state index is 12.4. The number of hydrogen-bond donors (Lipinski definition) is 1. The van der Waals surface area contributed by atoms with Crippen molar-refractivity contribution >= 4 is 5.91 Å². The van der Waals surface area contributed by atoms with Crippen LogP contribution in [0.2, 0.25) is 0 Å². The molecule has 1 N–H and O–H groups in total. The Labute approximate surface area is 148 Å². The molecule has 1 fully saturated rings. The van der Waals surface area contributed by atoms with Crippen LogP contribution in [0.15, 0.2) is 27.3 Å². The van der Waals surface area contributed by atoms with E-state index in [1.54, 1.807) is 18.4 Å². The molecule has 1 saturated carbocycles. The molecule has 3 rings (SSSR count). The summed E-state index contributed by atoms with van der Waals surface area (Å²) in [6, 6.07) is 3.81. The molecule has 6 nitrogen and oxygen atoms in total. The van der Waals surface area contributed by atoms with Crippen molar-refractivity contribution in [2.45, 2.75) is 65.3 Å². The van der Waals surface area contributed by atoms with E-state index in [-0.39, 0.29) is 17.4 Å². The molecule has 2 aromatic rings. The zero-order chi connectivity index (χ0) is 17.9. The zero-order valence-corrected chi connectivity index (χ0v) is 15.2. The number of aromatic nitrogens is 2. The third kappa shape index (κ3) is 4.50. The number of carbonyl (C=O) groups is 1. The SMILES string of the molecule is CC(C)(C)C1CCCCC1NC(=O)CCc1nc(-c2ccco2)no1. The molecule has 2 unspecified atom stereocenters. The summed E-state index contributed by atoms with van der Waals surface area (Å²) in [6.07, 6.45) is 7.05. The number of furan rings is 1. The van der Waals surface area contributed by atoms with Gasteiger partial charge in [0.2, 0.25) is 17.6 Å². The summed E-state index contributed by atoms with van der Waals surface area (Å²) in [4.78, 5) is 16.6. The molecule has 2 aromatic heterocycles.